The molecule has 6 rings (SSSR count). The molecular formula is C28H27N3O3. The third-order valence-corrected chi connectivity index (χ3v) is 7.67. The van der Waals surface area contributed by atoms with Gasteiger partial charge in [-0.25, -0.2) is 4.79 Å². The summed E-state index contributed by atoms with van der Waals surface area (Å²) in [7, 11) is 1.59. The van der Waals surface area contributed by atoms with Crippen LogP contribution < -0.4 is 10.5 Å². The predicted molar refractivity (Wildman–Crippen MR) is 128 cm³/mol. The molecule has 2 fully saturated rings. The molecule has 2 bridgehead atoms. The van der Waals surface area contributed by atoms with Gasteiger partial charge in [0.25, 0.3) is 0 Å². The predicted octanol–water partition coefficient (Wildman–Crippen LogP) is 5.12. The van der Waals surface area contributed by atoms with Crippen molar-refractivity contribution in [3.05, 3.63) is 100 Å². The van der Waals surface area contributed by atoms with Gasteiger partial charge in [0.1, 0.15) is 12.4 Å². The van der Waals surface area contributed by atoms with Gasteiger partial charge in [0, 0.05) is 24.2 Å². The van der Waals surface area contributed by atoms with Crippen LogP contribution in [0.1, 0.15) is 42.5 Å². The van der Waals surface area contributed by atoms with E-state index in [1.165, 1.54) is 41.5 Å². The summed E-state index contributed by atoms with van der Waals surface area (Å²) in [6, 6.07) is 22.9. The van der Waals surface area contributed by atoms with E-state index in [0.29, 0.717) is 18.4 Å². The molecule has 2 aromatic carbocycles. The Hall–Kier alpha value is -3.67. The number of aromatic nitrogens is 3. The van der Waals surface area contributed by atoms with Gasteiger partial charge < -0.3 is 9.15 Å². The first-order chi connectivity index (χ1) is 16.6. The van der Waals surface area contributed by atoms with Crippen molar-refractivity contribution >= 4 is 0 Å². The van der Waals surface area contributed by atoms with Crippen LogP contribution in [0.2, 0.25) is 0 Å². The van der Waals surface area contributed by atoms with Crippen LogP contribution in [0, 0.1) is 11.8 Å². The Kier molecular flexibility index (Phi) is 5.09. The number of hydrogen-bond acceptors (Lipinski definition) is 5. The van der Waals surface area contributed by atoms with Gasteiger partial charge in [0.2, 0.25) is 5.89 Å². The van der Waals surface area contributed by atoms with Gasteiger partial charge >= 0.3 is 5.76 Å². The van der Waals surface area contributed by atoms with Crippen LogP contribution in [0.25, 0.3) is 11.5 Å². The fourth-order valence-corrected chi connectivity index (χ4v) is 6.07. The van der Waals surface area contributed by atoms with Gasteiger partial charge in [-0.1, -0.05) is 36.8 Å². The van der Waals surface area contributed by atoms with Crippen LogP contribution in [0.15, 0.2) is 82.1 Å². The van der Waals surface area contributed by atoms with Crippen LogP contribution in [-0.4, -0.2) is 14.8 Å². The lowest BCUT2D eigenvalue weighted by molar-refractivity contribution is 0.299. The zero-order chi connectivity index (χ0) is 23.1. The van der Waals surface area contributed by atoms with E-state index in [2.05, 4.69) is 46.5 Å². The highest BCUT2D eigenvalue weighted by Gasteiger charge is 2.52. The van der Waals surface area contributed by atoms with Crippen molar-refractivity contribution in [1.29, 1.82) is 0 Å². The number of benzene rings is 2. The lowest BCUT2D eigenvalue weighted by Crippen LogP contribution is -2.34. The first kappa shape index (κ1) is 20.9. The maximum Gasteiger partial charge on any atom is 0.437 e. The summed E-state index contributed by atoms with van der Waals surface area (Å²) in [4.78, 5) is 16.0. The van der Waals surface area contributed by atoms with Crippen molar-refractivity contribution in [2.45, 2.75) is 37.7 Å². The van der Waals surface area contributed by atoms with Crippen molar-refractivity contribution in [2.24, 2.45) is 18.9 Å². The normalized spacial score (nSPS) is 23.3. The van der Waals surface area contributed by atoms with E-state index in [0.717, 1.165) is 22.9 Å². The molecule has 2 saturated carbocycles. The fraction of sp³-hybridized carbons (Fsp3) is 0.321. The molecule has 2 heterocycles. The molecule has 4 aromatic rings. The molecule has 6 nitrogen and oxygen atoms in total. The summed E-state index contributed by atoms with van der Waals surface area (Å²) in [5, 5.41) is 4.19. The molecule has 172 valence electrons. The maximum atomic E-state index is 11.7. The highest BCUT2D eigenvalue weighted by molar-refractivity contribution is 5.55. The molecule has 6 heteroatoms. The molecule has 0 radical (unpaired) electrons. The second kappa shape index (κ2) is 8.28. The average molecular weight is 454 g/mol. The van der Waals surface area contributed by atoms with Gasteiger partial charge in [-0.15, -0.1) is 5.10 Å². The summed E-state index contributed by atoms with van der Waals surface area (Å²) in [6.07, 6.45) is 6.83. The van der Waals surface area contributed by atoms with E-state index in [1.807, 2.05) is 30.3 Å². The Morgan fingerprint density at radius 3 is 2.38 bits per heavy atom. The first-order valence-corrected chi connectivity index (χ1v) is 11.9. The Labute approximate surface area is 198 Å². The third kappa shape index (κ3) is 3.54. The van der Waals surface area contributed by atoms with E-state index in [9.17, 15) is 4.79 Å². The zero-order valence-corrected chi connectivity index (χ0v) is 19.2. The van der Waals surface area contributed by atoms with Crippen molar-refractivity contribution in [3.8, 4) is 17.2 Å². The lowest BCUT2D eigenvalue weighted by Gasteiger charge is -2.39. The number of fused-ring (bicyclic) bond motifs is 2. The Morgan fingerprint density at radius 2 is 1.79 bits per heavy atom. The SMILES string of the molecule is Cn1nc(-c2ccc([C@]3(c4ccc(OCc5ccccn5)cc4)C[C@@H]4CC[C@H]3C4)cc2)oc1=O. The highest BCUT2D eigenvalue weighted by atomic mass is 16.5. The first-order valence-electron chi connectivity index (χ1n) is 11.9. The van der Waals surface area contributed by atoms with Gasteiger partial charge in [-0.2, -0.15) is 4.68 Å². The summed E-state index contributed by atoms with van der Waals surface area (Å²) < 4.78 is 12.5. The molecule has 0 unspecified atom stereocenters. The second-order valence-electron chi connectivity index (χ2n) is 9.56. The van der Waals surface area contributed by atoms with Crippen LogP contribution in [0.5, 0.6) is 5.75 Å². The van der Waals surface area contributed by atoms with Crippen molar-refractivity contribution in [3.63, 3.8) is 0 Å². The molecule has 34 heavy (non-hydrogen) atoms. The topological polar surface area (TPSA) is 70.2 Å². The van der Waals surface area contributed by atoms with E-state index < -0.39 is 5.76 Å². The summed E-state index contributed by atoms with van der Waals surface area (Å²) in [6.45, 7) is 0.459. The fourth-order valence-electron chi connectivity index (χ4n) is 6.07. The number of nitrogens with zero attached hydrogens (tertiary/aromatic N) is 3. The average Bonchev–Trinajstić information content (AvgIpc) is 3.59. The van der Waals surface area contributed by atoms with Crippen molar-refractivity contribution < 1.29 is 9.15 Å². The van der Waals surface area contributed by atoms with Gasteiger partial charge in [0.05, 0.1) is 5.69 Å². The molecule has 3 atom stereocenters. The highest BCUT2D eigenvalue weighted by Crippen LogP contribution is 2.60. The molecule has 0 saturated heterocycles. The number of ether oxygens (including phenoxy) is 1. The third-order valence-electron chi connectivity index (χ3n) is 7.67. The molecular weight excluding hydrogens is 426 g/mol. The Morgan fingerprint density at radius 1 is 1.03 bits per heavy atom. The van der Waals surface area contributed by atoms with Gasteiger partial charge in [0.15, 0.2) is 0 Å². The maximum absolute atomic E-state index is 11.7. The second-order valence-corrected chi connectivity index (χ2v) is 9.56. The van der Waals surface area contributed by atoms with Crippen molar-refractivity contribution in [2.75, 3.05) is 0 Å². The molecule has 2 aromatic heterocycles. The number of hydrogen-bond donors (Lipinski definition) is 0. The van der Waals surface area contributed by atoms with Gasteiger partial charge in [-0.05, 0) is 78.6 Å². The van der Waals surface area contributed by atoms with Crippen LogP contribution in [0.3, 0.4) is 0 Å². The number of pyridine rings is 1. The number of aryl methyl sites for hydroxylation is 1. The van der Waals surface area contributed by atoms with Crippen molar-refractivity contribution in [1.82, 2.24) is 14.8 Å². The summed E-state index contributed by atoms with van der Waals surface area (Å²) >= 11 is 0. The zero-order valence-electron chi connectivity index (χ0n) is 19.2. The Balaban J connectivity index is 1.29. The Bertz CT molecular complexity index is 1340. The minimum absolute atomic E-state index is 0.00587. The largest absolute Gasteiger partial charge is 0.487 e. The molecule has 0 N–H and O–H groups in total. The monoisotopic (exact) mass is 453 g/mol. The van der Waals surface area contributed by atoms with Crippen LogP contribution in [0.4, 0.5) is 0 Å². The van der Waals surface area contributed by atoms with E-state index in [-0.39, 0.29) is 5.41 Å². The van der Waals surface area contributed by atoms with E-state index in [4.69, 9.17) is 9.15 Å². The van der Waals surface area contributed by atoms with E-state index in [1.54, 1.807) is 13.2 Å². The molecule has 0 amide bonds. The lowest BCUT2D eigenvalue weighted by atomic mass is 9.64. The molecule has 0 aliphatic heterocycles. The van der Waals surface area contributed by atoms with E-state index >= 15 is 0 Å². The summed E-state index contributed by atoms with van der Waals surface area (Å²) in [5.41, 5.74) is 4.41. The quantitative estimate of drug-likeness (QED) is 0.405. The standard InChI is InChI=1S/C28H27N3O3/c1-31-27(32)34-26(30-31)20-6-9-21(10-7-20)28(17-19-5-8-23(28)16-19)22-11-13-25(14-12-22)33-18-24-4-2-3-15-29-24/h2-4,6-7,9-15,19,23H,5,8,16-18H2,1H3/t19-,23+,28+/m1/s1. The minimum atomic E-state index is -0.450. The van der Waals surface area contributed by atoms with Crippen LogP contribution >= 0.6 is 0 Å². The minimum Gasteiger partial charge on any atom is -0.487 e. The van der Waals surface area contributed by atoms with Gasteiger partial charge in [-0.3, -0.25) is 4.98 Å². The van der Waals surface area contributed by atoms with Crippen LogP contribution in [-0.2, 0) is 19.1 Å². The smallest absolute Gasteiger partial charge is 0.437 e. The number of rotatable bonds is 6. The summed E-state index contributed by atoms with van der Waals surface area (Å²) in [5.74, 6) is 2.17. The molecule has 0 spiro atoms. The molecule has 2 aliphatic carbocycles. The molecule has 2 aliphatic rings.